The summed E-state index contributed by atoms with van der Waals surface area (Å²) in [5, 5.41) is 12.4. The quantitative estimate of drug-likeness (QED) is 0.147. The van der Waals surface area contributed by atoms with Crippen LogP contribution in [0.3, 0.4) is 0 Å². The molecular formula is C34H31N3O6S2. The molecule has 0 aliphatic carbocycles. The summed E-state index contributed by atoms with van der Waals surface area (Å²) in [5.41, 5.74) is 2.71. The van der Waals surface area contributed by atoms with E-state index in [1.807, 2.05) is 69.3 Å². The Kier molecular flexibility index (Phi) is 8.55. The van der Waals surface area contributed by atoms with Gasteiger partial charge < -0.3 is 19.3 Å². The van der Waals surface area contributed by atoms with E-state index in [1.165, 1.54) is 27.6 Å². The molecule has 1 aliphatic heterocycles. The van der Waals surface area contributed by atoms with Crippen LogP contribution in [0.5, 0.6) is 17.2 Å². The zero-order chi connectivity index (χ0) is 31.7. The standard InChI is InChI=1S/C34H31N3O6S2/c1-5-41-23-13-14-24-27(17-23)45-34(36-24)37-29(28(31(39)33(37)40)30(38)32-19(3)35-20(4)44-32)22-12-15-25(26(16-22)42-6-2)43-18-21-10-8-7-9-11-21/h7-17,29,39H,5-6,18H2,1-4H3. The van der Waals surface area contributed by atoms with E-state index in [1.54, 1.807) is 25.1 Å². The minimum absolute atomic E-state index is 0.0404. The zero-order valence-corrected chi connectivity index (χ0v) is 26.8. The van der Waals surface area contributed by atoms with E-state index in [4.69, 9.17) is 19.2 Å². The number of hydrogen-bond donors (Lipinski definition) is 1. The van der Waals surface area contributed by atoms with Gasteiger partial charge in [0.15, 0.2) is 22.4 Å². The Morgan fingerprint density at radius 1 is 0.911 bits per heavy atom. The highest BCUT2D eigenvalue weighted by atomic mass is 32.1. The Labute approximate surface area is 268 Å². The number of ether oxygens (including phenoxy) is 3. The summed E-state index contributed by atoms with van der Waals surface area (Å²) in [6.07, 6.45) is 0. The number of carbonyl (C=O) groups excluding carboxylic acids is 2. The van der Waals surface area contributed by atoms with Gasteiger partial charge in [-0.2, -0.15) is 0 Å². The monoisotopic (exact) mass is 641 g/mol. The Bertz CT molecular complexity index is 1930. The summed E-state index contributed by atoms with van der Waals surface area (Å²) in [6.45, 7) is 8.54. The van der Waals surface area contributed by atoms with Crippen LogP contribution in [0.15, 0.2) is 78.1 Å². The van der Waals surface area contributed by atoms with Crippen LogP contribution in [0, 0.1) is 13.8 Å². The van der Waals surface area contributed by atoms with Crippen molar-refractivity contribution in [1.29, 1.82) is 0 Å². The predicted octanol–water partition coefficient (Wildman–Crippen LogP) is 7.53. The average molecular weight is 642 g/mol. The van der Waals surface area contributed by atoms with Crippen LogP contribution in [-0.4, -0.2) is 40.0 Å². The van der Waals surface area contributed by atoms with Crippen molar-refractivity contribution in [1.82, 2.24) is 9.97 Å². The number of amides is 1. The lowest BCUT2D eigenvalue weighted by Gasteiger charge is -2.25. The van der Waals surface area contributed by atoms with Gasteiger partial charge in [0.1, 0.15) is 12.4 Å². The number of aliphatic hydroxyl groups is 1. The SMILES string of the molecule is CCOc1ccc2nc(N3C(=O)C(O)=C(C(=O)c4sc(C)nc4C)C3c3ccc(OCc4ccccc4)c(OCC)c3)sc2c1. The maximum atomic E-state index is 14.1. The third-order valence-electron chi connectivity index (χ3n) is 7.25. The fourth-order valence-corrected chi connectivity index (χ4v) is 7.18. The number of anilines is 1. The average Bonchev–Trinajstić information content (AvgIpc) is 3.69. The Hall–Kier alpha value is -4.74. The first kappa shape index (κ1) is 30.3. The van der Waals surface area contributed by atoms with Crippen LogP contribution in [0.1, 0.15) is 51.4 Å². The van der Waals surface area contributed by atoms with Crippen molar-refractivity contribution in [3.8, 4) is 17.2 Å². The molecule has 230 valence electrons. The van der Waals surface area contributed by atoms with E-state index in [0.29, 0.717) is 68.9 Å². The third-order valence-corrected chi connectivity index (χ3v) is 9.34. The van der Waals surface area contributed by atoms with Crippen LogP contribution in [0.25, 0.3) is 10.2 Å². The van der Waals surface area contributed by atoms with Gasteiger partial charge in [0, 0.05) is 0 Å². The maximum Gasteiger partial charge on any atom is 0.296 e. The first-order valence-electron chi connectivity index (χ1n) is 14.5. The summed E-state index contributed by atoms with van der Waals surface area (Å²) < 4.78 is 18.6. The number of benzene rings is 3. The van der Waals surface area contributed by atoms with Crippen LogP contribution < -0.4 is 19.1 Å². The van der Waals surface area contributed by atoms with Crippen molar-refractivity contribution in [3.63, 3.8) is 0 Å². The molecule has 0 bridgehead atoms. The number of fused-ring (bicyclic) bond motifs is 1. The molecule has 1 unspecified atom stereocenters. The second-order valence-electron chi connectivity index (χ2n) is 10.3. The Balaban J connectivity index is 1.45. The van der Waals surface area contributed by atoms with Gasteiger partial charge in [0.25, 0.3) is 5.91 Å². The van der Waals surface area contributed by atoms with Crippen molar-refractivity contribution in [2.45, 2.75) is 40.3 Å². The zero-order valence-electron chi connectivity index (χ0n) is 25.2. The van der Waals surface area contributed by atoms with Crippen molar-refractivity contribution in [3.05, 3.63) is 105 Å². The molecule has 0 fully saturated rings. The molecule has 3 heterocycles. The summed E-state index contributed by atoms with van der Waals surface area (Å²) >= 11 is 2.51. The lowest BCUT2D eigenvalue weighted by Crippen LogP contribution is -2.31. The number of aliphatic hydroxyl groups excluding tert-OH is 1. The fraction of sp³-hybridized carbons (Fsp3) is 0.235. The lowest BCUT2D eigenvalue weighted by atomic mass is 9.95. The molecule has 9 nitrogen and oxygen atoms in total. The Morgan fingerprint density at radius 3 is 2.40 bits per heavy atom. The van der Waals surface area contributed by atoms with E-state index in [2.05, 4.69) is 4.98 Å². The second kappa shape index (κ2) is 12.7. The molecule has 0 spiro atoms. The Morgan fingerprint density at radius 2 is 1.69 bits per heavy atom. The second-order valence-corrected chi connectivity index (χ2v) is 12.5. The number of hydrogen-bond acceptors (Lipinski definition) is 10. The molecule has 2 aromatic heterocycles. The first-order valence-corrected chi connectivity index (χ1v) is 16.1. The number of rotatable bonds is 11. The van der Waals surface area contributed by atoms with Gasteiger partial charge >= 0.3 is 0 Å². The summed E-state index contributed by atoms with van der Waals surface area (Å²) in [7, 11) is 0. The number of thiazole rings is 2. The third kappa shape index (κ3) is 5.88. The minimum atomic E-state index is -0.985. The van der Waals surface area contributed by atoms with Gasteiger partial charge in [0.2, 0.25) is 5.78 Å². The topological polar surface area (TPSA) is 111 Å². The van der Waals surface area contributed by atoms with Gasteiger partial charge in [-0.05, 0) is 69.2 Å². The van der Waals surface area contributed by atoms with E-state index in [0.717, 1.165) is 10.3 Å². The molecule has 1 N–H and O–H groups in total. The molecule has 1 amide bonds. The molecule has 1 aliphatic rings. The molecule has 3 aromatic carbocycles. The van der Waals surface area contributed by atoms with E-state index >= 15 is 0 Å². The van der Waals surface area contributed by atoms with E-state index in [9.17, 15) is 14.7 Å². The van der Waals surface area contributed by atoms with Gasteiger partial charge in [-0.15, -0.1) is 11.3 Å². The number of aryl methyl sites for hydroxylation is 2. The van der Waals surface area contributed by atoms with Gasteiger partial charge in [-0.1, -0.05) is 47.7 Å². The van der Waals surface area contributed by atoms with E-state index in [-0.39, 0.29) is 5.57 Å². The molecule has 0 radical (unpaired) electrons. The summed E-state index contributed by atoms with van der Waals surface area (Å²) in [6, 6.07) is 19.6. The highest BCUT2D eigenvalue weighted by Gasteiger charge is 2.46. The van der Waals surface area contributed by atoms with Crippen molar-refractivity contribution < 1.29 is 28.9 Å². The molecule has 5 aromatic rings. The van der Waals surface area contributed by atoms with Gasteiger partial charge in [0.05, 0.1) is 50.6 Å². The molecule has 45 heavy (non-hydrogen) atoms. The normalized spacial score (nSPS) is 14.8. The minimum Gasteiger partial charge on any atom is -0.503 e. The number of carbonyl (C=O) groups is 2. The lowest BCUT2D eigenvalue weighted by molar-refractivity contribution is -0.117. The first-order chi connectivity index (χ1) is 21.8. The molecule has 11 heteroatoms. The molecule has 6 rings (SSSR count). The van der Waals surface area contributed by atoms with Crippen LogP contribution in [0.4, 0.5) is 5.13 Å². The number of ketones is 1. The molecule has 0 saturated carbocycles. The van der Waals surface area contributed by atoms with Gasteiger partial charge in [-0.25, -0.2) is 9.97 Å². The van der Waals surface area contributed by atoms with Crippen molar-refractivity contribution >= 4 is 49.7 Å². The van der Waals surface area contributed by atoms with Crippen molar-refractivity contribution in [2.75, 3.05) is 18.1 Å². The van der Waals surface area contributed by atoms with Gasteiger partial charge in [-0.3, -0.25) is 14.5 Å². The molecule has 1 atom stereocenters. The van der Waals surface area contributed by atoms with Crippen LogP contribution in [-0.2, 0) is 11.4 Å². The maximum absolute atomic E-state index is 14.1. The number of aromatic nitrogens is 2. The highest BCUT2D eigenvalue weighted by molar-refractivity contribution is 7.22. The van der Waals surface area contributed by atoms with Crippen molar-refractivity contribution in [2.24, 2.45) is 0 Å². The largest absolute Gasteiger partial charge is 0.503 e. The smallest absolute Gasteiger partial charge is 0.296 e. The highest BCUT2D eigenvalue weighted by Crippen LogP contribution is 2.46. The van der Waals surface area contributed by atoms with E-state index < -0.39 is 23.5 Å². The van der Waals surface area contributed by atoms with Crippen LogP contribution in [0.2, 0.25) is 0 Å². The molecule has 0 saturated heterocycles. The number of nitrogens with zero attached hydrogens (tertiary/aromatic N) is 3. The summed E-state index contributed by atoms with van der Waals surface area (Å²) in [5.74, 6) is -0.144. The van der Waals surface area contributed by atoms with Crippen LogP contribution >= 0.6 is 22.7 Å². The molecular weight excluding hydrogens is 611 g/mol. The number of Topliss-reactive ketones (excluding diaryl/α,β-unsaturated/α-hetero) is 1. The summed E-state index contributed by atoms with van der Waals surface area (Å²) in [4.78, 5) is 38.8. The predicted molar refractivity (Wildman–Crippen MR) is 175 cm³/mol. The fourth-order valence-electron chi connectivity index (χ4n) is 5.28.